The number of benzene rings is 1. The van der Waals surface area contributed by atoms with E-state index in [0.717, 1.165) is 12.1 Å². The van der Waals surface area contributed by atoms with E-state index in [9.17, 15) is 21.6 Å². The molecule has 0 spiro atoms. The van der Waals surface area contributed by atoms with Crippen LogP contribution in [0.15, 0.2) is 66.0 Å². The molecular weight excluding hydrogens is 373 g/mol. The number of sulfonamides is 1. The van der Waals surface area contributed by atoms with Crippen molar-refractivity contribution in [2.24, 2.45) is 0 Å². The van der Waals surface area contributed by atoms with Gasteiger partial charge in [0.05, 0.1) is 11.9 Å². The Kier molecular flexibility index (Phi) is 4.55. The molecule has 2 aromatic heterocycles. The van der Waals surface area contributed by atoms with Crippen LogP contribution in [-0.4, -0.2) is 29.5 Å². The Balaban J connectivity index is 1.86. The van der Waals surface area contributed by atoms with Gasteiger partial charge in [0.1, 0.15) is 10.6 Å². The monoisotopic (exact) mass is 384 g/mol. The zero-order chi connectivity index (χ0) is 18.8. The number of para-hydroxylation sites is 1. The highest BCUT2D eigenvalue weighted by molar-refractivity contribution is 7.92. The summed E-state index contributed by atoms with van der Waals surface area (Å²) >= 11 is 0. The van der Waals surface area contributed by atoms with Crippen molar-refractivity contribution in [1.82, 2.24) is 14.8 Å². The van der Waals surface area contributed by atoms with Crippen molar-refractivity contribution < 1.29 is 26.3 Å². The molecule has 0 fully saturated rings. The van der Waals surface area contributed by atoms with Gasteiger partial charge in [-0.1, -0.05) is 12.1 Å². The molecule has 0 amide bonds. The quantitative estimate of drug-likeness (QED) is 0.731. The molecule has 0 unspecified atom stereocenters. The number of hydrogen-bond donors (Lipinski definition) is 1. The van der Waals surface area contributed by atoms with Gasteiger partial charge in [0.2, 0.25) is 0 Å². The molecule has 0 saturated carbocycles. The summed E-state index contributed by atoms with van der Waals surface area (Å²) < 4.78 is 69.6. The maximum Gasteiger partial charge on any atom is 0.573 e. The number of alkyl halides is 3. The minimum absolute atomic E-state index is 0.0720. The number of hydrogen-bond acceptors (Lipinski definition) is 5. The highest BCUT2D eigenvalue weighted by Gasteiger charge is 2.34. The Morgan fingerprint density at radius 1 is 1.08 bits per heavy atom. The third kappa shape index (κ3) is 4.11. The van der Waals surface area contributed by atoms with E-state index in [4.69, 9.17) is 0 Å². The van der Waals surface area contributed by atoms with Crippen molar-refractivity contribution >= 4 is 15.7 Å². The maximum atomic E-state index is 12.5. The number of aromatic nitrogens is 3. The number of pyridine rings is 1. The van der Waals surface area contributed by atoms with Gasteiger partial charge in [0.15, 0.2) is 5.82 Å². The van der Waals surface area contributed by atoms with Crippen LogP contribution < -0.4 is 9.46 Å². The number of rotatable bonds is 5. The molecule has 0 aliphatic heterocycles. The van der Waals surface area contributed by atoms with E-state index in [1.807, 2.05) is 0 Å². The predicted octanol–water partition coefficient (Wildman–Crippen LogP) is 2.97. The fourth-order valence-electron chi connectivity index (χ4n) is 2.08. The third-order valence-electron chi connectivity index (χ3n) is 3.10. The Morgan fingerprint density at radius 2 is 1.85 bits per heavy atom. The van der Waals surface area contributed by atoms with E-state index in [2.05, 4.69) is 19.5 Å². The predicted molar refractivity (Wildman–Crippen MR) is 85.3 cm³/mol. The Hall–Kier alpha value is -3.08. The molecule has 136 valence electrons. The van der Waals surface area contributed by atoms with Gasteiger partial charge < -0.3 is 4.74 Å². The van der Waals surface area contributed by atoms with E-state index in [1.165, 1.54) is 35.1 Å². The molecule has 1 N–H and O–H groups in total. The average molecular weight is 384 g/mol. The highest BCUT2D eigenvalue weighted by Crippen LogP contribution is 2.30. The molecule has 2 heterocycles. The van der Waals surface area contributed by atoms with Crippen molar-refractivity contribution in [3.8, 4) is 11.6 Å². The van der Waals surface area contributed by atoms with E-state index in [0.29, 0.717) is 5.82 Å². The normalized spacial score (nSPS) is 12.0. The lowest BCUT2D eigenvalue weighted by atomic mass is 10.3. The van der Waals surface area contributed by atoms with Crippen molar-refractivity contribution in [1.29, 1.82) is 0 Å². The van der Waals surface area contributed by atoms with Gasteiger partial charge in [-0.2, -0.15) is 5.10 Å². The molecule has 0 aliphatic carbocycles. The van der Waals surface area contributed by atoms with Crippen LogP contribution in [0.3, 0.4) is 0 Å². The van der Waals surface area contributed by atoms with Gasteiger partial charge in [-0.25, -0.2) is 18.1 Å². The lowest BCUT2D eigenvalue weighted by molar-refractivity contribution is -0.275. The second-order valence-electron chi connectivity index (χ2n) is 4.96. The molecule has 7 nitrogen and oxygen atoms in total. The molecule has 0 bridgehead atoms. The van der Waals surface area contributed by atoms with Gasteiger partial charge in [0.25, 0.3) is 10.0 Å². The Labute approximate surface area is 146 Å². The topological polar surface area (TPSA) is 86.1 Å². The van der Waals surface area contributed by atoms with Gasteiger partial charge in [-0.3, -0.25) is 4.72 Å². The second kappa shape index (κ2) is 6.67. The standard InChI is InChI=1S/C15H11F3N4O3S/c16-15(17,18)25-12-4-1-2-5-13(12)26(23,24)21-11-6-7-14(19-10-11)22-9-3-8-20-22/h1-10,21H. The molecule has 1 aromatic carbocycles. The van der Waals surface area contributed by atoms with Gasteiger partial charge >= 0.3 is 6.36 Å². The average Bonchev–Trinajstić information content (AvgIpc) is 3.08. The molecule has 0 saturated heterocycles. The van der Waals surface area contributed by atoms with E-state index < -0.39 is 27.0 Å². The zero-order valence-electron chi connectivity index (χ0n) is 12.9. The van der Waals surface area contributed by atoms with E-state index >= 15 is 0 Å². The van der Waals surface area contributed by atoms with E-state index in [-0.39, 0.29) is 5.69 Å². The number of nitrogens with zero attached hydrogens (tertiary/aromatic N) is 3. The minimum Gasteiger partial charge on any atom is -0.404 e. The number of ether oxygens (including phenoxy) is 1. The summed E-state index contributed by atoms with van der Waals surface area (Å²) in [4.78, 5) is 3.40. The smallest absolute Gasteiger partial charge is 0.404 e. The summed E-state index contributed by atoms with van der Waals surface area (Å²) in [5.41, 5.74) is 0.0720. The molecule has 11 heteroatoms. The van der Waals surface area contributed by atoms with Crippen LogP contribution >= 0.6 is 0 Å². The first-order chi connectivity index (χ1) is 12.2. The Bertz CT molecular complexity index is 988. The first kappa shape index (κ1) is 17.7. The van der Waals surface area contributed by atoms with Crippen LogP contribution in [0.5, 0.6) is 5.75 Å². The summed E-state index contributed by atoms with van der Waals surface area (Å²) in [6.45, 7) is 0. The van der Waals surface area contributed by atoms with Crippen LogP contribution in [-0.2, 0) is 10.0 Å². The summed E-state index contributed by atoms with van der Waals surface area (Å²) in [7, 11) is -4.32. The van der Waals surface area contributed by atoms with Crippen molar-refractivity contribution in [2.75, 3.05) is 4.72 Å². The van der Waals surface area contributed by atoms with Gasteiger partial charge in [0, 0.05) is 12.4 Å². The van der Waals surface area contributed by atoms with Crippen molar-refractivity contribution in [3.63, 3.8) is 0 Å². The molecule has 26 heavy (non-hydrogen) atoms. The SMILES string of the molecule is O=S(=O)(Nc1ccc(-n2cccn2)nc1)c1ccccc1OC(F)(F)F. The van der Waals surface area contributed by atoms with Crippen LogP contribution in [0.1, 0.15) is 0 Å². The molecular formula is C15H11F3N4O3S. The zero-order valence-corrected chi connectivity index (χ0v) is 13.7. The fraction of sp³-hybridized carbons (Fsp3) is 0.0667. The fourth-order valence-corrected chi connectivity index (χ4v) is 3.25. The van der Waals surface area contributed by atoms with Gasteiger partial charge in [-0.15, -0.1) is 13.2 Å². The lowest BCUT2D eigenvalue weighted by Crippen LogP contribution is -2.21. The van der Waals surface area contributed by atoms with Crippen LogP contribution in [0.25, 0.3) is 5.82 Å². The molecule has 3 rings (SSSR count). The highest BCUT2D eigenvalue weighted by atomic mass is 32.2. The molecule has 0 aliphatic rings. The third-order valence-corrected chi connectivity index (χ3v) is 4.52. The molecule has 0 atom stereocenters. The summed E-state index contributed by atoms with van der Waals surface area (Å²) in [5, 5.41) is 3.98. The minimum atomic E-state index is -5.02. The summed E-state index contributed by atoms with van der Waals surface area (Å²) in [6.07, 6.45) is -0.590. The van der Waals surface area contributed by atoms with Crippen LogP contribution in [0.2, 0.25) is 0 Å². The van der Waals surface area contributed by atoms with Crippen molar-refractivity contribution in [2.45, 2.75) is 11.3 Å². The maximum absolute atomic E-state index is 12.5. The summed E-state index contributed by atoms with van der Waals surface area (Å²) in [5.74, 6) is -0.382. The Morgan fingerprint density at radius 3 is 2.46 bits per heavy atom. The largest absolute Gasteiger partial charge is 0.573 e. The summed E-state index contributed by atoms with van der Waals surface area (Å²) in [6, 6.07) is 9.06. The number of halogens is 3. The van der Waals surface area contributed by atoms with Crippen LogP contribution in [0.4, 0.5) is 18.9 Å². The lowest BCUT2D eigenvalue weighted by Gasteiger charge is -2.14. The first-order valence-electron chi connectivity index (χ1n) is 7.08. The van der Waals surface area contributed by atoms with Gasteiger partial charge in [-0.05, 0) is 30.3 Å². The van der Waals surface area contributed by atoms with Crippen LogP contribution in [0, 0.1) is 0 Å². The molecule has 0 radical (unpaired) electrons. The van der Waals surface area contributed by atoms with E-state index in [1.54, 1.807) is 18.5 Å². The van der Waals surface area contributed by atoms with Crippen molar-refractivity contribution in [3.05, 3.63) is 61.1 Å². The molecule has 3 aromatic rings. The number of nitrogens with one attached hydrogen (secondary N) is 1. The number of anilines is 1. The second-order valence-corrected chi connectivity index (χ2v) is 6.61. The first-order valence-corrected chi connectivity index (χ1v) is 8.57.